The van der Waals surface area contributed by atoms with Crippen molar-refractivity contribution < 1.29 is 9.52 Å². The van der Waals surface area contributed by atoms with Crippen LogP contribution >= 0.6 is 15.9 Å². The Morgan fingerprint density at radius 2 is 2.05 bits per heavy atom. The SMILES string of the molecule is OCCCn1c(-c2ccc(Br)o2)nc2ccccc21. The topological polar surface area (TPSA) is 51.2 Å². The van der Waals surface area contributed by atoms with Crippen LogP contribution in [0.4, 0.5) is 0 Å². The highest BCUT2D eigenvalue weighted by Gasteiger charge is 2.14. The third kappa shape index (κ3) is 2.31. The zero-order valence-corrected chi connectivity index (χ0v) is 11.8. The van der Waals surface area contributed by atoms with E-state index in [2.05, 4.69) is 25.5 Å². The number of aryl methyl sites for hydroxylation is 1. The van der Waals surface area contributed by atoms with Gasteiger partial charge in [0.25, 0.3) is 0 Å². The van der Waals surface area contributed by atoms with E-state index in [1.807, 2.05) is 36.4 Å². The van der Waals surface area contributed by atoms with Gasteiger partial charge in [0.05, 0.1) is 11.0 Å². The van der Waals surface area contributed by atoms with Gasteiger partial charge in [-0.15, -0.1) is 0 Å². The van der Waals surface area contributed by atoms with Gasteiger partial charge in [-0.1, -0.05) is 12.1 Å². The first-order chi connectivity index (χ1) is 9.29. The van der Waals surface area contributed by atoms with Crippen molar-refractivity contribution in [3.8, 4) is 11.6 Å². The number of benzene rings is 1. The van der Waals surface area contributed by atoms with Crippen molar-refractivity contribution in [2.75, 3.05) is 6.61 Å². The van der Waals surface area contributed by atoms with Gasteiger partial charge < -0.3 is 14.1 Å². The smallest absolute Gasteiger partial charge is 0.177 e. The lowest BCUT2D eigenvalue weighted by Crippen LogP contribution is -2.02. The molecule has 3 aromatic rings. The minimum Gasteiger partial charge on any atom is -0.446 e. The van der Waals surface area contributed by atoms with E-state index in [-0.39, 0.29) is 6.61 Å². The summed E-state index contributed by atoms with van der Waals surface area (Å²) in [6.07, 6.45) is 0.690. The van der Waals surface area contributed by atoms with Crippen LogP contribution in [0.3, 0.4) is 0 Å². The maximum Gasteiger partial charge on any atom is 0.177 e. The van der Waals surface area contributed by atoms with Gasteiger partial charge >= 0.3 is 0 Å². The van der Waals surface area contributed by atoms with Crippen molar-refractivity contribution in [2.24, 2.45) is 0 Å². The van der Waals surface area contributed by atoms with Crippen LogP contribution in [-0.2, 0) is 6.54 Å². The standard InChI is InChI=1S/C14H13BrN2O2/c15-13-7-6-12(19-13)14-16-10-4-1-2-5-11(10)17(14)8-3-9-18/h1-2,4-7,18H,3,8-9H2. The van der Waals surface area contributed by atoms with Gasteiger partial charge in [0, 0.05) is 13.2 Å². The second kappa shape index (κ2) is 5.19. The first-order valence-electron chi connectivity index (χ1n) is 6.11. The minimum absolute atomic E-state index is 0.161. The molecular formula is C14H13BrN2O2. The number of hydrogen-bond acceptors (Lipinski definition) is 3. The van der Waals surface area contributed by atoms with Gasteiger partial charge in [-0.3, -0.25) is 0 Å². The monoisotopic (exact) mass is 320 g/mol. The summed E-state index contributed by atoms with van der Waals surface area (Å²) in [7, 11) is 0. The van der Waals surface area contributed by atoms with Gasteiger partial charge in [0.2, 0.25) is 0 Å². The van der Waals surface area contributed by atoms with Crippen LogP contribution < -0.4 is 0 Å². The van der Waals surface area contributed by atoms with Gasteiger partial charge in [0.1, 0.15) is 0 Å². The molecule has 4 nitrogen and oxygen atoms in total. The number of aliphatic hydroxyl groups is 1. The molecule has 0 fully saturated rings. The minimum atomic E-state index is 0.161. The molecule has 0 aliphatic carbocycles. The summed E-state index contributed by atoms with van der Waals surface area (Å²) in [5, 5.41) is 9.04. The quantitative estimate of drug-likeness (QED) is 0.801. The Morgan fingerprint density at radius 3 is 2.79 bits per heavy atom. The molecule has 0 spiro atoms. The molecule has 0 saturated carbocycles. The molecule has 2 aromatic heterocycles. The molecule has 5 heteroatoms. The van der Waals surface area contributed by atoms with E-state index in [0.717, 1.165) is 22.6 Å². The Bertz CT molecular complexity index is 702. The summed E-state index contributed by atoms with van der Waals surface area (Å²) in [6.45, 7) is 0.873. The average Bonchev–Trinajstić information content (AvgIpc) is 3.00. The number of rotatable bonds is 4. The Labute approximate surface area is 118 Å². The second-order valence-corrected chi connectivity index (χ2v) is 5.04. The van der Waals surface area contributed by atoms with Crippen molar-refractivity contribution in [1.82, 2.24) is 9.55 Å². The molecular weight excluding hydrogens is 308 g/mol. The number of para-hydroxylation sites is 2. The Kier molecular flexibility index (Phi) is 3.40. The molecule has 0 aliphatic rings. The van der Waals surface area contributed by atoms with Gasteiger partial charge in [0.15, 0.2) is 16.3 Å². The fourth-order valence-corrected chi connectivity index (χ4v) is 2.46. The molecule has 1 aromatic carbocycles. The molecule has 0 saturated heterocycles. The number of aromatic nitrogens is 2. The molecule has 2 heterocycles. The lowest BCUT2D eigenvalue weighted by molar-refractivity contribution is 0.280. The molecule has 0 bridgehead atoms. The van der Waals surface area contributed by atoms with Crippen LogP contribution in [-0.4, -0.2) is 21.3 Å². The summed E-state index contributed by atoms with van der Waals surface area (Å²) in [6, 6.07) is 11.7. The summed E-state index contributed by atoms with van der Waals surface area (Å²) in [5.41, 5.74) is 1.99. The molecule has 19 heavy (non-hydrogen) atoms. The van der Waals surface area contributed by atoms with Crippen molar-refractivity contribution in [2.45, 2.75) is 13.0 Å². The first-order valence-corrected chi connectivity index (χ1v) is 6.91. The third-order valence-corrected chi connectivity index (χ3v) is 3.41. The first kappa shape index (κ1) is 12.4. The highest BCUT2D eigenvalue weighted by Crippen LogP contribution is 2.28. The van der Waals surface area contributed by atoms with E-state index in [1.54, 1.807) is 0 Å². The molecule has 0 amide bonds. The van der Waals surface area contributed by atoms with Crippen molar-refractivity contribution in [3.63, 3.8) is 0 Å². The number of hydrogen-bond donors (Lipinski definition) is 1. The molecule has 0 radical (unpaired) electrons. The molecule has 0 unspecified atom stereocenters. The lowest BCUT2D eigenvalue weighted by atomic mass is 10.3. The molecule has 0 aliphatic heterocycles. The van der Waals surface area contributed by atoms with Crippen molar-refractivity contribution in [3.05, 3.63) is 41.1 Å². The highest BCUT2D eigenvalue weighted by atomic mass is 79.9. The van der Waals surface area contributed by atoms with Crippen LogP contribution in [0.1, 0.15) is 6.42 Å². The number of aliphatic hydroxyl groups excluding tert-OH is 1. The average molecular weight is 321 g/mol. The van der Waals surface area contributed by atoms with E-state index >= 15 is 0 Å². The fraction of sp³-hybridized carbons (Fsp3) is 0.214. The van der Waals surface area contributed by atoms with E-state index in [4.69, 9.17) is 9.52 Å². The molecule has 1 N–H and O–H groups in total. The lowest BCUT2D eigenvalue weighted by Gasteiger charge is -2.06. The summed E-state index contributed by atoms with van der Waals surface area (Å²) in [4.78, 5) is 4.62. The van der Waals surface area contributed by atoms with E-state index in [9.17, 15) is 0 Å². The van der Waals surface area contributed by atoms with Gasteiger partial charge in [-0.25, -0.2) is 4.98 Å². The van der Waals surface area contributed by atoms with E-state index in [1.165, 1.54) is 0 Å². The number of furan rings is 1. The maximum absolute atomic E-state index is 9.04. The van der Waals surface area contributed by atoms with Crippen LogP contribution in [0.15, 0.2) is 45.5 Å². The third-order valence-electron chi connectivity index (χ3n) is 2.99. The predicted molar refractivity (Wildman–Crippen MR) is 76.8 cm³/mol. The Morgan fingerprint density at radius 1 is 1.21 bits per heavy atom. The highest BCUT2D eigenvalue weighted by molar-refractivity contribution is 9.10. The van der Waals surface area contributed by atoms with Crippen LogP contribution in [0.25, 0.3) is 22.6 Å². The molecule has 98 valence electrons. The van der Waals surface area contributed by atoms with Gasteiger partial charge in [-0.05, 0) is 46.6 Å². The van der Waals surface area contributed by atoms with Crippen LogP contribution in [0.5, 0.6) is 0 Å². The van der Waals surface area contributed by atoms with Crippen molar-refractivity contribution in [1.29, 1.82) is 0 Å². The summed E-state index contributed by atoms with van der Waals surface area (Å²) < 4.78 is 8.35. The number of nitrogens with zero attached hydrogens (tertiary/aromatic N) is 2. The summed E-state index contributed by atoms with van der Waals surface area (Å²) >= 11 is 3.31. The van der Waals surface area contributed by atoms with Crippen LogP contribution in [0.2, 0.25) is 0 Å². The number of halogens is 1. The van der Waals surface area contributed by atoms with Crippen LogP contribution in [0, 0.1) is 0 Å². The maximum atomic E-state index is 9.04. The Balaban J connectivity index is 2.16. The fourth-order valence-electron chi connectivity index (χ4n) is 2.15. The Hall–Kier alpha value is -1.59. The molecule has 0 atom stereocenters. The number of imidazole rings is 1. The van der Waals surface area contributed by atoms with E-state index < -0.39 is 0 Å². The second-order valence-electron chi connectivity index (χ2n) is 4.26. The van der Waals surface area contributed by atoms with Crippen molar-refractivity contribution >= 4 is 27.0 Å². The zero-order chi connectivity index (χ0) is 13.2. The normalized spacial score (nSPS) is 11.3. The van der Waals surface area contributed by atoms with Gasteiger partial charge in [-0.2, -0.15) is 0 Å². The number of fused-ring (bicyclic) bond motifs is 1. The van der Waals surface area contributed by atoms with E-state index in [0.29, 0.717) is 17.6 Å². The molecule has 3 rings (SSSR count). The summed E-state index contributed by atoms with van der Waals surface area (Å²) in [5.74, 6) is 1.52. The largest absolute Gasteiger partial charge is 0.446 e. The zero-order valence-electron chi connectivity index (χ0n) is 10.2. The predicted octanol–water partition coefficient (Wildman–Crippen LogP) is 3.44.